The molecule has 0 spiro atoms. The van der Waals surface area contributed by atoms with E-state index in [1.54, 1.807) is 35.1 Å². The van der Waals surface area contributed by atoms with Crippen LogP contribution >= 0.6 is 0 Å². The lowest BCUT2D eigenvalue weighted by Gasteiger charge is -2.06. The highest BCUT2D eigenvalue weighted by molar-refractivity contribution is 7.92. The number of aromatic nitrogens is 4. The van der Waals surface area contributed by atoms with E-state index in [2.05, 4.69) is 30.4 Å². The summed E-state index contributed by atoms with van der Waals surface area (Å²) in [5.41, 5.74) is 4.69. The highest BCUT2D eigenvalue weighted by atomic mass is 32.2. The molecule has 0 bridgehead atoms. The highest BCUT2D eigenvalue weighted by Crippen LogP contribution is 2.28. The number of carbonyl (C=O) groups is 1. The lowest BCUT2D eigenvalue weighted by atomic mass is 10.1. The van der Waals surface area contributed by atoms with Gasteiger partial charge in [-0.2, -0.15) is 4.98 Å². The molecule has 0 fully saturated rings. The van der Waals surface area contributed by atoms with Crippen LogP contribution in [-0.4, -0.2) is 40.2 Å². The maximum Gasteiger partial charge on any atom is 0.247 e. The van der Waals surface area contributed by atoms with Crippen molar-refractivity contribution < 1.29 is 13.2 Å². The van der Waals surface area contributed by atoms with E-state index in [1.807, 2.05) is 24.3 Å². The van der Waals surface area contributed by atoms with E-state index in [0.29, 0.717) is 35.0 Å². The first-order valence-electron chi connectivity index (χ1n) is 9.33. The molecular weight excluding hydrogens is 418 g/mol. The van der Waals surface area contributed by atoms with Gasteiger partial charge in [0, 0.05) is 35.0 Å². The molecule has 1 aliphatic heterocycles. The van der Waals surface area contributed by atoms with Gasteiger partial charge in [0.2, 0.25) is 21.9 Å². The highest BCUT2D eigenvalue weighted by Gasteiger charge is 2.18. The van der Waals surface area contributed by atoms with Crippen molar-refractivity contribution in [1.82, 2.24) is 19.6 Å². The van der Waals surface area contributed by atoms with Crippen molar-refractivity contribution in [2.24, 2.45) is 0 Å². The van der Waals surface area contributed by atoms with Crippen LogP contribution in [0.25, 0.3) is 16.9 Å². The summed E-state index contributed by atoms with van der Waals surface area (Å²) in [4.78, 5) is 20.5. The van der Waals surface area contributed by atoms with Crippen molar-refractivity contribution in [2.75, 3.05) is 21.6 Å². The molecule has 0 radical (unpaired) electrons. The summed E-state index contributed by atoms with van der Waals surface area (Å²) in [5, 5.41) is 10.4. The minimum absolute atomic E-state index is 0.0266. The minimum Gasteiger partial charge on any atom is -0.326 e. The number of anilines is 4. The van der Waals surface area contributed by atoms with Gasteiger partial charge in [-0.25, -0.2) is 12.9 Å². The summed E-state index contributed by atoms with van der Waals surface area (Å²) in [5.74, 6) is 0.346. The third-order valence-corrected chi connectivity index (χ3v) is 5.29. The first-order valence-corrected chi connectivity index (χ1v) is 11.2. The second-order valence-corrected chi connectivity index (χ2v) is 8.90. The molecule has 1 amide bonds. The van der Waals surface area contributed by atoms with Gasteiger partial charge in [0.1, 0.15) is 5.69 Å². The van der Waals surface area contributed by atoms with Crippen molar-refractivity contribution in [3.63, 3.8) is 0 Å². The Kier molecular flexibility index (Phi) is 4.33. The van der Waals surface area contributed by atoms with E-state index in [0.717, 1.165) is 23.2 Å². The number of hydrogen-bond acceptors (Lipinski definition) is 7. The van der Waals surface area contributed by atoms with E-state index in [1.165, 1.54) is 0 Å². The van der Waals surface area contributed by atoms with Gasteiger partial charge >= 0.3 is 0 Å². The van der Waals surface area contributed by atoms with Crippen LogP contribution in [0.1, 0.15) is 5.56 Å². The van der Waals surface area contributed by atoms with Crippen molar-refractivity contribution >= 4 is 44.6 Å². The number of rotatable bonds is 5. The molecule has 10 nitrogen and oxygen atoms in total. The predicted octanol–water partition coefficient (Wildman–Crippen LogP) is 2.40. The van der Waals surface area contributed by atoms with E-state index in [4.69, 9.17) is 0 Å². The number of fused-ring (bicyclic) bond motifs is 2. The lowest BCUT2D eigenvalue weighted by Crippen LogP contribution is -2.09. The summed E-state index contributed by atoms with van der Waals surface area (Å²) >= 11 is 0. The van der Waals surface area contributed by atoms with Crippen molar-refractivity contribution in [3.8, 4) is 11.3 Å². The van der Waals surface area contributed by atoms with Crippen LogP contribution in [-0.2, 0) is 21.2 Å². The number of nitrogens with zero attached hydrogens (tertiary/aromatic N) is 4. The zero-order valence-corrected chi connectivity index (χ0v) is 17.1. The molecule has 4 aromatic rings. The Bertz CT molecular complexity index is 1450. The van der Waals surface area contributed by atoms with E-state index >= 15 is 0 Å². The van der Waals surface area contributed by atoms with Crippen LogP contribution in [0.15, 0.2) is 54.9 Å². The maximum atomic E-state index is 11.6. The monoisotopic (exact) mass is 435 g/mol. The third-order valence-electron chi connectivity index (χ3n) is 4.68. The molecular formula is C20H17N7O3S. The van der Waals surface area contributed by atoms with Gasteiger partial charge in [-0.05, 0) is 35.9 Å². The fourth-order valence-electron chi connectivity index (χ4n) is 3.45. The summed E-state index contributed by atoms with van der Waals surface area (Å²) in [6, 6.07) is 12.5. The summed E-state index contributed by atoms with van der Waals surface area (Å²) in [7, 11) is -3.40. The van der Waals surface area contributed by atoms with E-state index in [9.17, 15) is 13.2 Å². The molecule has 0 saturated carbocycles. The number of nitrogens with one attached hydrogen (secondary N) is 3. The fourth-order valence-corrected chi connectivity index (χ4v) is 4.01. The standard InChI is InChI=1S/C20H17N7O3S/c1-31(29,30)26-15-4-2-3-12(9-15)18-19-24-20(25-27(19)8-7-21-18)22-14-5-6-16-13(10-14)11-17(28)23-16/h2-10,26H,11H2,1H3,(H,22,25)(H,23,28). The topological polar surface area (TPSA) is 130 Å². The number of benzene rings is 2. The summed E-state index contributed by atoms with van der Waals surface area (Å²) in [6.07, 6.45) is 4.72. The van der Waals surface area contributed by atoms with Gasteiger partial charge in [-0.1, -0.05) is 12.1 Å². The van der Waals surface area contributed by atoms with Gasteiger partial charge in [-0.15, -0.1) is 5.10 Å². The quantitative estimate of drug-likeness (QED) is 0.439. The molecule has 2 aromatic carbocycles. The molecule has 156 valence electrons. The number of sulfonamides is 1. The average Bonchev–Trinajstić information content (AvgIpc) is 3.28. The minimum atomic E-state index is -3.40. The van der Waals surface area contributed by atoms with Crippen LogP contribution in [0.2, 0.25) is 0 Å². The Morgan fingerprint density at radius 1 is 1.13 bits per heavy atom. The second-order valence-electron chi connectivity index (χ2n) is 7.16. The van der Waals surface area contributed by atoms with E-state index in [-0.39, 0.29) is 5.91 Å². The largest absolute Gasteiger partial charge is 0.326 e. The van der Waals surface area contributed by atoms with Gasteiger partial charge in [0.05, 0.1) is 12.7 Å². The van der Waals surface area contributed by atoms with Crippen molar-refractivity contribution in [3.05, 3.63) is 60.4 Å². The van der Waals surface area contributed by atoms with Gasteiger partial charge in [0.25, 0.3) is 0 Å². The number of hydrogen-bond donors (Lipinski definition) is 3. The molecule has 0 saturated heterocycles. The SMILES string of the molecule is CS(=O)(=O)Nc1cccc(-c2nccn3nc(Nc4ccc5c(c4)CC(=O)N5)nc23)c1. The normalized spacial score (nSPS) is 13.1. The molecule has 11 heteroatoms. The van der Waals surface area contributed by atoms with Crippen LogP contribution in [0.4, 0.5) is 23.0 Å². The molecule has 3 N–H and O–H groups in total. The Morgan fingerprint density at radius 3 is 2.84 bits per heavy atom. The van der Waals surface area contributed by atoms with Crippen LogP contribution in [0.5, 0.6) is 0 Å². The molecule has 3 heterocycles. The van der Waals surface area contributed by atoms with Gasteiger partial charge in [-0.3, -0.25) is 14.5 Å². The Labute approximate surface area is 177 Å². The lowest BCUT2D eigenvalue weighted by molar-refractivity contribution is -0.115. The molecule has 5 rings (SSSR count). The van der Waals surface area contributed by atoms with Crippen LogP contribution in [0, 0.1) is 0 Å². The number of amides is 1. The van der Waals surface area contributed by atoms with Crippen LogP contribution in [0.3, 0.4) is 0 Å². The molecule has 0 atom stereocenters. The molecule has 0 unspecified atom stereocenters. The second kappa shape index (κ2) is 7.06. The zero-order valence-electron chi connectivity index (χ0n) is 16.3. The Morgan fingerprint density at radius 2 is 2.00 bits per heavy atom. The smallest absolute Gasteiger partial charge is 0.247 e. The van der Waals surface area contributed by atoms with Crippen molar-refractivity contribution in [2.45, 2.75) is 6.42 Å². The molecule has 0 aliphatic carbocycles. The summed E-state index contributed by atoms with van der Waals surface area (Å²) in [6.45, 7) is 0. The van der Waals surface area contributed by atoms with Gasteiger partial charge in [0.15, 0.2) is 5.65 Å². The number of carbonyl (C=O) groups excluding carboxylic acids is 1. The summed E-state index contributed by atoms with van der Waals surface area (Å²) < 4.78 is 27.1. The average molecular weight is 435 g/mol. The van der Waals surface area contributed by atoms with Gasteiger partial charge < -0.3 is 10.6 Å². The first-order chi connectivity index (χ1) is 14.8. The fraction of sp³-hybridized carbons (Fsp3) is 0.100. The maximum absolute atomic E-state index is 11.6. The molecule has 2 aromatic heterocycles. The van der Waals surface area contributed by atoms with Crippen LogP contribution < -0.4 is 15.4 Å². The first kappa shape index (κ1) is 19.0. The van der Waals surface area contributed by atoms with Crippen molar-refractivity contribution in [1.29, 1.82) is 0 Å². The predicted molar refractivity (Wildman–Crippen MR) is 117 cm³/mol. The zero-order chi connectivity index (χ0) is 21.6. The Hall–Kier alpha value is -3.99. The Balaban J connectivity index is 1.48. The van der Waals surface area contributed by atoms with E-state index < -0.39 is 10.0 Å². The molecule has 1 aliphatic rings. The molecule has 31 heavy (non-hydrogen) atoms. The third kappa shape index (κ3) is 3.90.